The van der Waals surface area contributed by atoms with Crippen LogP contribution in [-0.4, -0.2) is 0 Å². The molecule has 0 bridgehead atoms. The van der Waals surface area contributed by atoms with E-state index in [1.807, 2.05) is 0 Å². The first-order valence-corrected chi connectivity index (χ1v) is 23.2. The second kappa shape index (κ2) is 16.1. The molecule has 10 aromatic carbocycles. The number of fused-ring (bicyclic) bond motifs is 6. The third kappa shape index (κ3) is 5.95. The van der Waals surface area contributed by atoms with Gasteiger partial charge in [0.05, 0.1) is 11.1 Å². The zero-order valence-corrected chi connectivity index (χ0v) is 36.9. The van der Waals surface area contributed by atoms with Gasteiger partial charge in [-0.05, 0) is 129 Å². The molecule has 2 nitrogen and oxygen atoms in total. The molecule has 0 saturated heterocycles. The Morgan fingerprint density at radius 1 is 0.303 bits per heavy atom. The summed E-state index contributed by atoms with van der Waals surface area (Å²) in [6.45, 7) is 2.35. The van der Waals surface area contributed by atoms with E-state index in [1.54, 1.807) is 0 Å². The van der Waals surface area contributed by atoms with Crippen LogP contribution >= 0.6 is 0 Å². The normalized spacial score (nSPS) is 15.0. The largest absolute Gasteiger partial charge is 0.310 e. The molecule has 2 heteroatoms. The van der Waals surface area contributed by atoms with Gasteiger partial charge in [-0.2, -0.15) is 0 Å². The highest BCUT2D eigenvalue weighted by Gasteiger charge is 2.48. The SMILES string of the molecule is CCC1(c2ccc(N(c3ccccc3)c3cccc4c3-c3ccccc3C4(c3ccccc3)c3ccccc3)cc2)c2ccccc2-c2cc(N(c3ccccc3)c3ccccc3)ccc21. The molecule has 314 valence electrons. The van der Waals surface area contributed by atoms with Crippen molar-refractivity contribution >= 4 is 34.1 Å². The highest BCUT2D eigenvalue weighted by atomic mass is 15.1. The smallest absolute Gasteiger partial charge is 0.0714 e. The van der Waals surface area contributed by atoms with Crippen molar-refractivity contribution in [2.75, 3.05) is 9.80 Å². The molecule has 1 unspecified atom stereocenters. The molecule has 0 aliphatic heterocycles. The van der Waals surface area contributed by atoms with Crippen LogP contribution in [0, 0.1) is 0 Å². The van der Waals surface area contributed by atoms with Crippen molar-refractivity contribution in [3.05, 3.63) is 300 Å². The Hall–Kier alpha value is -8.20. The van der Waals surface area contributed by atoms with Crippen molar-refractivity contribution in [2.45, 2.75) is 24.2 Å². The molecule has 2 aliphatic carbocycles. The first kappa shape index (κ1) is 39.4. The molecular formula is C64H48N2. The van der Waals surface area contributed by atoms with Crippen LogP contribution in [0.1, 0.15) is 52.3 Å². The summed E-state index contributed by atoms with van der Waals surface area (Å²) in [7, 11) is 0. The van der Waals surface area contributed by atoms with Crippen molar-refractivity contribution in [1.29, 1.82) is 0 Å². The number of rotatable bonds is 10. The van der Waals surface area contributed by atoms with E-state index in [0.29, 0.717) is 0 Å². The number of nitrogens with zero attached hydrogens (tertiary/aromatic N) is 2. The van der Waals surface area contributed by atoms with Gasteiger partial charge in [0, 0.05) is 39.4 Å². The maximum Gasteiger partial charge on any atom is 0.0714 e. The summed E-state index contributed by atoms with van der Waals surface area (Å²) >= 11 is 0. The van der Waals surface area contributed by atoms with Crippen LogP contribution in [0.3, 0.4) is 0 Å². The Balaban J connectivity index is 1.02. The fourth-order valence-corrected chi connectivity index (χ4v) is 11.6. The van der Waals surface area contributed by atoms with Crippen molar-refractivity contribution in [2.24, 2.45) is 0 Å². The van der Waals surface area contributed by atoms with Gasteiger partial charge >= 0.3 is 0 Å². The average Bonchev–Trinajstić information content (AvgIpc) is 3.87. The summed E-state index contributed by atoms with van der Waals surface area (Å²) in [5.41, 5.74) is 20.2. The molecule has 0 heterocycles. The molecule has 10 aromatic rings. The maximum absolute atomic E-state index is 2.47. The van der Waals surface area contributed by atoms with E-state index >= 15 is 0 Å². The molecule has 66 heavy (non-hydrogen) atoms. The third-order valence-electron chi connectivity index (χ3n) is 14.3. The molecule has 0 N–H and O–H groups in total. The van der Waals surface area contributed by atoms with Crippen molar-refractivity contribution in [3.8, 4) is 22.3 Å². The van der Waals surface area contributed by atoms with Gasteiger partial charge in [0.2, 0.25) is 0 Å². The number of para-hydroxylation sites is 3. The van der Waals surface area contributed by atoms with Crippen LogP contribution in [0.15, 0.2) is 261 Å². The van der Waals surface area contributed by atoms with Crippen molar-refractivity contribution in [3.63, 3.8) is 0 Å². The first-order chi connectivity index (χ1) is 32.7. The first-order valence-electron chi connectivity index (χ1n) is 23.2. The predicted octanol–water partition coefficient (Wildman–Crippen LogP) is 16.7. The van der Waals surface area contributed by atoms with Gasteiger partial charge < -0.3 is 9.80 Å². The summed E-state index contributed by atoms with van der Waals surface area (Å²) in [5, 5.41) is 0. The van der Waals surface area contributed by atoms with E-state index < -0.39 is 5.41 Å². The van der Waals surface area contributed by atoms with E-state index in [1.165, 1.54) is 61.2 Å². The fourth-order valence-electron chi connectivity index (χ4n) is 11.6. The van der Waals surface area contributed by atoms with Crippen LogP contribution in [0.2, 0.25) is 0 Å². The molecular weight excluding hydrogens is 797 g/mol. The zero-order chi connectivity index (χ0) is 44.1. The lowest BCUT2D eigenvalue weighted by molar-refractivity contribution is 0.609. The van der Waals surface area contributed by atoms with Gasteiger partial charge in [-0.3, -0.25) is 0 Å². The second-order valence-corrected chi connectivity index (χ2v) is 17.5. The van der Waals surface area contributed by atoms with Crippen LogP contribution in [-0.2, 0) is 10.8 Å². The highest BCUT2D eigenvalue weighted by molar-refractivity contribution is 5.97. The van der Waals surface area contributed by atoms with Gasteiger partial charge in [0.15, 0.2) is 0 Å². The molecule has 12 rings (SSSR count). The lowest BCUT2D eigenvalue weighted by Gasteiger charge is -2.35. The Labute approximate surface area is 388 Å². The summed E-state index contributed by atoms with van der Waals surface area (Å²) in [5.74, 6) is 0. The van der Waals surface area contributed by atoms with E-state index in [-0.39, 0.29) is 5.41 Å². The van der Waals surface area contributed by atoms with E-state index in [2.05, 4.69) is 278 Å². The fraction of sp³-hybridized carbons (Fsp3) is 0.0625. The molecule has 1 atom stereocenters. The standard InChI is InChI=1S/C64H48N2/c1-2-63(57-35-20-18-33-54(57)56-45-53(43-44-58(56)63)65(49-27-12-5-13-28-49)50-29-14-6-15-30-50)46-39-41-52(42-40-46)66(51-31-16-7-17-32-51)61-38-22-37-60-62(61)55-34-19-21-36-59(55)64(60,47-23-8-3-9-24-47)48-25-10-4-11-26-48/h3-45H,2H2,1H3. The minimum Gasteiger partial charge on any atom is -0.310 e. The average molecular weight is 845 g/mol. The summed E-state index contributed by atoms with van der Waals surface area (Å²) in [4.78, 5) is 4.83. The zero-order valence-electron chi connectivity index (χ0n) is 36.9. The third-order valence-corrected chi connectivity index (χ3v) is 14.3. The lowest BCUT2D eigenvalue weighted by Crippen LogP contribution is -2.28. The van der Waals surface area contributed by atoms with Crippen LogP contribution in [0.5, 0.6) is 0 Å². The molecule has 0 amide bonds. The minimum atomic E-state index is -0.494. The number of hydrogen-bond donors (Lipinski definition) is 0. The lowest BCUT2D eigenvalue weighted by atomic mass is 9.68. The Morgan fingerprint density at radius 2 is 0.742 bits per heavy atom. The second-order valence-electron chi connectivity index (χ2n) is 17.5. The molecule has 0 radical (unpaired) electrons. The van der Waals surface area contributed by atoms with E-state index in [4.69, 9.17) is 0 Å². The summed E-state index contributed by atoms with van der Waals surface area (Å²) in [6, 6.07) is 96.1. The highest BCUT2D eigenvalue weighted by Crippen LogP contribution is 2.60. The number of anilines is 6. The Bertz CT molecular complexity index is 3250. The Morgan fingerprint density at radius 3 is 1.32 bits per heavy atom. The molecule has 0 saturated carbocycles. The van der Waals surface area contributed by atoms with E-state index in [9.17, 15) is 0 Å². The summed E-state index contributed by atoms with van der Waals surface area (Å²) in [6.07, 6.45) is 0.920. The molecule has 0 aromatic heterocycles. The van der Waals surface area contributed by atoms with Crippen molar-refractivity contribution < 1.29 is 0 Å². The predicted molar refractivity (Wildman–Crippen MR) is 275 cm³/mol. The maximum atomic E-state index is 2.47. The monoisotopic (exact) mass is 844 g/mol. The minimum absolute atomic E-state index is 0.331. The van der Waals surface area contributed by atoms with Gasteiger partial charge in [0.1, 0.15) is 0 Å². The molecule has 0 fully saturated rings. The van der Waals surface area contributed by atoms with Gasteiger partial charge in [-0.15, -0.1) is 0 Å². The van der Waals surface area contributed by atoms with Gasteiger partial charge in [-0.1, -0.05) is 201 Å². The topological polar surface area (TPSA) is 6.48 Å². The van der Waals surface area contributed by atoms with Gasteiger partial charge in [-0.25, -0.2) is 0 Å². The van der Waals surface area contributed by atoms with Crippen LogP contribution in [0.25, 0.3) is 22.3 Å². The van der Waals surface area contributed by atoms with E-state index in [0.717, 1.165) is 40.5 Å². The summed E-state index contributed by atoms with van der Waals surface area (Å²) < 4.78 is 0. The number of benzene rings is 10. The molecule has 0 spiro atoms. The molecule has 2 aliphatic rings. The van der Waals surface area contributed by atoms with Crippen LogP contribution in [0.4, 0.5) is 34.1 Å². The number of hydrogen-bond acceptors (Lipinski definition) is 2. The van der Waals surface area contributed by atoms with Crippen LogP contribution < -0.4 is 9.80 Å². The Kier molecular flexibility index (Phi) is 9.61. The quantitative estimate of drug-likeness (QED) is 0.135. The van der Waals surface area contributed by atoms with Gasteiger partial charge in [0.25, 0.3) is 0 Å². The van der Waals surface area contributed by atoms with Crippen molar-refractivity contribution in [1.82, 2.24) is 0 Å².